The van der Waals surface area contributed by atoms with Gasteiger partial charge in [0.05, 0.1) is 0 Å². The predicted octanol–water partition coefficient (Wildman–Crippen LogP) is 7.57. The van der Waals surface area contributed by atoms with Crippen LogP contribution in [0.5, 0.6) is 0 Å². The fourth-order valence-electron chi connectivity index (χ4n) is 3.04. The van der Waals surface area contributed by atoms with Gasteiger partial charge in [-0.3, -0.25) is 0 Å². The first-order chi connectivity index (χ1) is 10.4. The van der Waals surface area contributed by atoms with Gasteiger partial charge >= 0.3 is 6.18 Å². The number of hydrogen-bond acceptors (Lipinski definition) is 0. The van der Waals surface area contributed by atoms with Gasteiger partial charge in [-0.25, -0.2) is 0 Å². The van der Waals surface area contributed by atoms with E-state index in [-0.39, 0.29) is 23.7 Å². The van der Waals surface area contributed by atoms with Gasteiger partial charge in [-0.15, -0.1) is 0 Å². The van der Waals surface area contributed by atoms with Gasteiger partial charge in [0.15, 0.2) is 0 Å². The fourth-order valence-corrected chi connectivity index (χ4v) is 3.04. The van der Waals surface area contributed by atoms with E-state index in [0.29, 0.717) is 5.92 Å². The maximum atomic E-state index is 12.6. The van der Waals surface area contributed by atoms with Crippen molar-refractivity contribution in [3.63, 3.8) is 0 Å². The summed E-state index contributed by atoms with van der Waals surface area (Å²) in [6.07, 6.45) is 0.771. The van der Waals surface area contributed by atoms with Crippen LogP contribution in [0.25, 0.3) is 0 Å². The highest BCUT2D eigenvalue weighted by atomic mass is 19.4. The third kappa shape index (κ3) is 7.58. The molecule has 0 amide bonds. The molecule has 0 rings (SSSR count). The molecule has 0 radical (unpaired) electrons. The molecule has 0 aromatic heterocycles. The van der Waals surface area contributed by atoms with Crippen LogP contribution in [0.4, 0.5) is 13.2 Å². The van der Waals surface area contributed by atoms with Crippen molar-refractivity contribution in [3.8, 4) is 0 Å². The highest BCUT2D eigenvalue weighted by Gasteiger charge is 2.37. The normalized spacial score (nSPS) is 17.6. The first-order valence-electron chi connectivity index (χ1n) is 8.75. The molecule has 2 unspecified atom stereocenters. The maximum Gasteiger partial charge on any atom is 0.389 e. The summed E-state index contributed by atoms with van der Waals surface area (Å²) >= 11 is 0. The second-order valence-electron chi connectivity index (χ2n) is 7.73. The van der Waals surface area contributed by atoms with Crippen LogP contribution in [0.15, 0.2) is 23.3 Å². The van der Waals surface area contributed by atoms with E-state index in [4.69, 9.17) is 0 Å². The van der Waals surface area contributed by atoms with Crippen molar-refractivity contribution in [3.05, 3.63) is 23.3 Å². The lowest BCUT2D eigenvalue weighted by atomic mass is 9.66. The number of halogens is 3. The summed E-state index contributed by atoms with van der Waals surface area (Å²) in [5, 5.41) is 0. The molecule has 0 aliphatic carbocycles. The Balaban J connectivity index is 5.53. The van der Waals surface area contributed by atoms with Gasteiger partial charge in [-0.2, -0.15) is 13.2 Å². The van der Waals surface area contributed by atoms with Crippen molar-refractivity contribution in [1.29, 1.82) is 0 Å². The van der Waals surface area contributed by atoms with Crippen molar-refractivity contribution in [2.45, 2.75) is 80.8 Å². The Labute approximate surface area is 141 Å². The molecule has 136 valence electrons. The highest BCUT2D eigenvalue weighted by Crippen LogP contribution is 2.43. The molecule has 0 saturated heterocycles. The van der Waals surface area contributed by atoms with E-state index in [1.165, 1.54) is 11.1 Å². The minimum absolute atomic E-state index is 0.153. The molecule has 0 aromatic carbocycles. The van der Waals surface area contributed by atoms with E-state index < -0.39 is 12.6 Å². The van der Waals surface area contributed by atoms with Crippen molar-refractivity contribution in [2.24, 2.45) is 23.2 Å². The van der Waals surface area contributed by atoms with E-state index in [9.17, 15) is 13.2 Å². The molecule has 0 aliphatic rings. The smallest absolute Gasteiger partial charge is 0.171 e. The molecule has 0 spiro atoms. The third-order valence-electron chi connectivity index (χ3n) is 5.23. The molecule has 0 aliphatic heterocycles. The number of alkyl halides is 3. The molecule has 0 heterocycles. The van der Waals surface area contributed by atoms with Gasteiger partial charge in [-0.1, -0.05) is 64.8 Å². The van der Waals surface area contributed by atoms with Crippen molar-refractivity contribution >= 4 is 0 Å². The van der Waals surface area contributed by atoms with Crippen LogP contribution in [0.1, 0.15) is 74.7 Å². The zero-order valence-corrected chi connectivity index (χ0v) is 16.1. The quantitative estimate of drug-likeness (QED) is 0.402. The summed E-state index contributed by atoms with van der Waals surface area (Å²) < 4.78 is 37.9. The van der Waals surface area contributed by atoms with Crippen LogP contribution < -0.4 is 0 Å². The van der Waals surface area contributed by atoms with Crippen molar-refractivity contribution in [1.82, 2.24) is 0 Å². The van der Waals surface area contributed by atoms with Crippen molar-refractivity contribution in [2.75, 3.05) is 0 Å². The molecular formula is C20H35F3. The Morgan fingerprint density at radius 2 is 1.57 bits per heavy atom. The van der Waals surface area contributed by atoms with E-state index in [1.807, 2.05) is 20.8 Å². The molecule has 23 heavy (non-hydrogen) atoms. The van der Waals surface area contributed by atoms with Crippen LogP contribution >= 0.6 is 0 Å². The highest BCUT2D eigenvalue weighted by molar-refractivity contribution is 5.20. The van der Waals surface area contributed by atoms with Crippen molar-refractivity contribution < 1.29 is 13.2 Å². The molecular weight excluding hydrogens is 297 g/mol. The second-order valence-corrected chi connectivity index (χ2v) is 7.73. The minimum atomic E-state index is -4.08. The molecule has 2 atom stereocenters. The second kappa shape index (κ2) is 8.94. The Morgan fingerprint density at radius 3 is 1.91 bits per heavy atom. The van der Waals surface area contributed by atoms with Crippen LogP contribution in [0.2, 0.25) is 0 Å². The predicted molar refractivity (Wildman–Crippen MR) is 94.4 cm³/mol. The van der Waals surface area contributed by atoms with Gasteiger partial charge in [0.2, 0.25) is 0 Å². The molecule has 0 bridgehead atoms. The topological polar surface area (TPSA) is 0 Å². The Bertz CT molecular complexity index is 411. The first kappa shape index (κ1) is 22.3. The Kier molecular flexibility index (Phi) is 8.65. The molecule has 0 aromatic rings. The third-order valence-corrected chi connectivity index (χ3v) is 5.23. The summed E-state index contributed by atoms with van der Waals surface area (Å²) in [7, 11) is 0. The van der Waals surface area contributed by atoms with E-state index in [2.05, 4.69) is 46.8 Å². The maximum absolute atomic E-state index is 12.6. The Hall–Kier alpha value is -0.730. The summed E-state index contributed by atoms with van der Waals surface area (Å²) in [6.45, 7) is 16.6. The minimum Gasteiger partial charge on any atom is -0.171 e. The van der Waals surface area contributed by atoms with E-state index in [1.54, 1.807) is 0 Å². The SMILES string of the molecule is C/C=C(\C(C)C)C(/C=C(/C)CC)C(C)C(C)(C)CCC(F)(F)F. The number of rotatable bonds is 8. The molecule has 0 fully saturated rings. The summed E-state index contributed by atoms with van der Waals surface area (Å²) in [6, 6.07) is 0. The lowest BCUT2D eigenvalue weighted by molar-refractivity contribution is -0.141. The van der Waals surface area contributed by atoms with Gasteiger partial charge in [0.1, 0.15) is 0 Å². The Morgan fingerprint density at radius 1 is 1.04 bits per heavy atom. The number of hydrogen-bond donors (Lipinski definition) is 0. The lowest BCUT2D eigenvalue weighted by Gasteiger charge is -2.39. The van der Waals surface area contributed by atoms with E-state index in [0.717, 1.165) is 6.42 Å². The summed E-state index contributed by atoms with van der Waals surface area (Å²) in [5.41, 5.74) is 2.26. The van der Waals surface area contributed by atoms with Crippen LogP contribution in [-0.2, 0) is 0 Å². The average Bonchev–Trinajstić information content (AvgIpc) is 2.42. The zero-order chi connectivity index (χ0) is 18.4. The molecule has 0 N–H and O–H groups in total. The average molecular weight is 332 g/mol. The van der Waals surface area contributed by atoms with Gasteiger partial charge in [0.25, 0.3) is 0 Å². The van der Waals surface area contributed by atoms with Crippen LogP contribution in [0.3, 0.4) is 0 Å². The largest absolute Gasteiger partial charge is 0.389 e. The van der Waals surface area contributed by atoms with Gasteiger partial charge in [-0.05, 0) is 43.9 Å². The van der Waals surface area contributed by atoms with Crippen LogP contribution in [-0.4, -0.2) is 6.18 Å². The zero-order valence-electron chi connectivity index (χ0n) is 16.1. The lowest BCUT2D eigenvalue weighted by Crippen LogP contribution is -2.31. The van der Waals surface area contributed by atoms with Gasteiger partial charge in [0, 0.05) is 12.3 Å². The standard InChI is InChI=1S/C20H35F3/c1-9-15(5)13-18(17(10-2)14(3)4)16(6)19(7,8)11-12-20(21,22)23/h10,13-14,16,18H,9,11-12H2,1-8H3/b15-13-,17-10+. The van der Waals surface area contributed by atoms with Crippen LogP contribution in [0, 0.1) is 23.2 Å². The van der Waals surface area contributed by atoms with Gasteiger partial charge < -0.3 is 0 Å². The molecule has 0 nitrogen and oxygen atoms in total. The summed E-state index contributed by atoms with van der Waals surface area (Å²) in [5.74, 6) is 0.745. The monoisotopic (exact) mass is 332 g/mol. The fraction of sp³-hybridized carbons (Fsp3) is 0.800. The molecule has 3 heteroatoms. The summed E-state index contributed by atoms with van der Waals surface area (Å²) in [4.78, 5) is 0. The molecule has 0 saturated carbocycles. The number of allylic oxidation sites excluding steroid dienone is 4. The first-order valence-corrected chi connectivity index (χ1v) is 8.75. The van der Waals surface area contributed by atoms with E-state index >= 15 is 0 Å².